The van der Waals surface area contributed by atoms with Crippen LogP contribution in [0.3, 0.4) is 0 Å². The normalized spacial score (nSPS) is 33.4. The second-order valence-corrected chi connectivity index (χ2v) is 6.03. The van der Waals surface area contributed by atoms with Gasteiger partial charge in [0.05, 0.1) is 24.9 Å². The van der Waals surface area contributed by atoms with Crippen molar-refractivity contribution in [3.05, 3.63) is 0 Å². The number of nitrogens with one attached hydrogen (secondary N) is 1. The lowest BCUT2D eigenvalue weighted by molar-refractivity contribution is -0.0336. The summed E-state index contributed by atoms with van der Waals surface area (Å²) in [7, 11) is 1.95. The van der Waals surface area contributed by atoms with Crippen LogP contribution in [0.25, 0.3) is 0 Å². The summed E-state index contributed by atoms with van der Waals surface area (Å²) in [5.74, 6) is 1.48. The zero-order valence-electron chi connectivity index (χ0n) is 11.2. The molecule has 2 aliphatic rings. The van der Waals surface area contributed by atoms with E-state index in [0.717, 1.165) is 5.92 Å². The number of aliphatic hydroxyl groups is 1. The van der Waals surface area contributed by atoms with Gasteiger partial charge in [-0.05, 0) is 57.4 Å². The molecule has 0 aromatic heterocycles. The minimum atomic E-state index is -0.178. The number of ether oxygens (including phenoxy) is 1. The van der Waals surface area contributed by atoms with Gasteiger partial charge in [0, 0.05) is 0 Å². The summed E-state index contributed by atoms with van der Waals surface area (Å²) in [6.07, 6.45) is 7.84. The highest BCUT2D eigenvalue weighted by Crippen LogP contribution is 2.40. The quantitative estimate of drug-likeness (QED) is 0.747. The molecule has 1 atom stereocenters. The van der Waals surface area contributed by atoms with Crippen LogP contribution < -0.4 is 5.32 Å². The fourth-order valence-corrected chi connectivity index (χ4v) is 2.95. The van der Waals surface area contributed by atoms with Crippen LogP contribution in [0.1, 0.15) is 45.4 Å². The Morgan fingerprint density at radius 1 is 1.18 bits per heavy atom. The SMILES string of the molecule is CNC(CO)(COC1CCC(C)CC1)C1CC1. The number of rotatable bonds is 6. The lowest BCUT2D eigenvalue weighted by Gasteiger charge is -2.35. The van der Waals surface area contributed by atoms with Gasteiger partial charge in [0.25, 0.3) is 0 Å². The van der Waals surface area contributed by atoms with E-state index >= 15 is 0 Å². The van der Waals surface area contributed by atoms with E-state index in [1.807, 2.05) is 7.05 Å². The summed E-state index contributed by atoms with van der Waals surface area (Å²) >= 11 is 0. The van der Waals surface area contributed by atoms with Crippen LogP contribution in [0.4, 0.5) is 0 Å². The molecule has 0 heterocycles. The molecule has 2 saturated carbocycles. The zero-order chi connectivity index (χ0) is 12.3. The summed E-state index contributed by atoms with van der Waals surface area (Å²) in [6, 6.07) is 0. The molecule has 3 heteroatoms. The summed E-state index contributed by atoms with van der Waals surface area (Å²) in [5.41, 5.74) is -0.178. The molecule has 1 unspecified atom stereocenters. The first-order valence-corrected chi connectivity index (χ1v) is 7.11. The van der Waals surface area contributed by atoms with Crippen LogP contribution in [-0.2, 0) is 4.74 Å². The molecule has 3 nitrogen and oxygen atoms in total. The van der Waals surface area contributed by atoms with Crippen molar-refractivity contribution >= 4 is 0 Å². The molecule has 100 valence electrons. The molecule has 0 aliphatic heterocycles. The van der Waals surface area contributed by atoms with E-state index in [1.54, 1.807) is 0 Å². The van der Waals surface area contributed by atoms with Crippen molar-refractivity contribution in [3.63, 3.8) is 0 Å². The zero-order valence-corrected chi connectivity index (χ0v) is 11.2. The van der Waals surface area contributed by atoms with Crippen LogP contribution in [0.2, 0.25) is 0 Å². The third-order valence-electron chi connectivity index (χ3n) is 4.68. The van der Waals surface area contributed by atoms with Gasteiger partial charge in [-0.3, -0.25) is 0 Å². The summed E-state index contributed by atoms with van der Waals surface area (Å²) < 4.78 is 6.06. The molecule has 0 amide bonds. The highest BCUT2D eigenvalue weighted by atomic mass is 16.5. The first kappa shape index (κ1) is 13.3. The van der Waals surface area contributed by atoms with Gasteiger partial charge in [-0.2, -0.15) is 0 Å². The van der Waals surface area contributed by atoms with Gasteiger partial charge in [-0.25, -0.2) is 0 Å². The molecule has 2 N–H and O–H groups in total. The summed E-state index contributed by atoms with van der Waals surface area (Å²) in [6.45, 7) is 3.19. The maximum atomic E-state index is 9.62. The van der Waals surface area contributed by atoms with Gasteiger partial charge >= 0.3 is 0 Å². The predicted octanol–water partition coefficient (Wildman–Crippen LogP) is 1.94. The minimum Gasteiger partial charge on any atom is -0.394 e. The van der Waals surface area contributed by atoms with E-state index in [-0.39, 0.29) is 12.1 Å². The molecular weight excluding hydrogens is 214 g/mol. The maximum absolute atomic E-state index is 9.62. The van der Waals surface area contributed by atoms with Crippen LogP contribution in [0, 0.1) is 11.8 Å². The van der Waals surface area contributed by atoms with Crippen molar-refractivity contribution in [2.24, 2.45) is 11.8 Å². The van der Waals surface area contributed by atoms with Gasteiger partial charge in [0.15, 0.2) is 0 Å². The molecule has 0 saturated heterocycles. The van der Waals surface area contributed by atoms with E-state index in [9.17, 15) is 5.11 Å². The Kier molecular flexibility index (Phi) is 4.45. The smallest absolute Gasteiger partial charge is 0.0677 e. The number of aliphatic hydroxyl groups excluding tert-OH is 1. The van der Waals surface area contributed by atoms with Gasteiger partial charge < -0.3 is 15.2 Å². The van der Waals surface area contributed by atoms with Crippen molar-refractivity contribution in [1.29, 1.82) is 0 Å². The van der Waals surface area contributed by atoms with E-state index in [2.05, 4.69) is 12.2 Å². The van der Waals surface area contributed by atoms with E-state index in [0.29, 0.717) is 18.6 Å². The fourth-order valence-electron chi connectivity index (χ4n) is 2.95. The van der Waals surface area contributed by atoms with Gasteiger partial charge in [-0.1, -0.05) is 6.92 Å². The van der Waals surface area contributed by atoms with E-state index in [4.69, 9.17) is 4.74 Å². The van der Waals surface area contributed by atoms with Crippen LogP contribution >= 0.6 is 0 Å². The molecule has 0 bridgehead atoms. The first-order valence-electron chi connectivity index (χ1n) is 7.11. The maximum Gasteiger partial charge on any atom is 0.0677 e. The van der Waals surface area contributed by atoms with E-state index < -0.39 is 0 Å². The Bertz CT molecular complexity index is 228. The first-order chi connectivity index (χ1) is 8.20. The molecule has 0 aromatic carbocycles. The number of hydrogen-bond acceptors (Lipinski definition) is 3. The second-order valence-electron chi connectivity index (χ2n) is 6.03. The van der Waals surface area contributed by atoms with Gasteiger partial charge in [0.1, 0.15) is 0 Å². The Balaban J connectivity index is 1.79. The Labute approximate surface area is 105 Å². The van der Waals surface area contributed by atoms with Crippen molar-refractivity contribution < 1.29 is 9.84 Å². The molecule has 2 rings (SSSR count). The molecule has 0 aromatic rings. The molecule has 17 heavy (non-hydrogen) atoms. The highest BCUT2D eigenvalue weighted by Gasteiger charge is 2.44. The van der Waals surface area contributed by atoms with Crippen molar-refractivity contribution in [1.82, 2.24) is 5.32 Å². The van der Waals surface area contributed by atoms with Gasteiger partial charge in [0.2, 0.25) is 0 Å². The van der Waals surface area contributed by atoms with Crippen molar-refractivity contribution in [3.8, 4) is 0 Å². The molecule has 0 spiro atoms. The Morgan fingerprint density at radius 3 is 2.29 bits per heavy atom. The second kappa shape index (κ2) is 5.68. The fraction of sp³-hybridized carbons (Fsp3) is 1.00. The molecule has 2 aliphatic carbocycles. The summed E-state index contributed by atoms with van der Waals surface area (Å²) in [5, 5.41) is 12.9. The third kappa shape index (κ3) is 3.21. The van der Waals surface area contributed by atoms with E-state index in [1.165, 1.54) is 38.5 Å². The Morgan fingerprint density at radius 2 is 1.82 bits per heavy atom. The topological polar surface area (TPSA) is 41.5 Å². The van der Waals surface area contributed by atoms with Crippen molar-refractivity contribution in [2.75, 3.05) is 20.3 Å². The largest absolute Gasteiger partial charge is 0.394 e. The lowest BCUT2D eigenvalue weighted by Crippen LogP contribution is -2.53. The average Bonchev–Trinajstić information content (AvgIpc) is 3.18. The summed E-state index contributed by atoms with van der Waals surface area (Å²) in [4.78, 5) is 0. The van der Waals surface area contributed by atoms with Crippen molar-refractivity contribution in [2.45, 2.75) is 57.1 Å². The van der Waals surface area contributed by atoms with Gasteiger partial charge in [-0.15, -0.1) is 0 Å². The third-order valence-corrected chi connectivity index (χ3v) is 4.68. The van der Waals surface area contributed by atoms with Crippen LogP contribution in [-0.4, -0.2) is 37.0 Å². The standard InChI is InChI=1S/C14H27NO2/c1-11-3-7-13(8-4-11)17-10-14(9-16,15-2)12-5-6-12/h11-13,15-16H,3-10H2,1-2H3. The molecule has 2 fully saturated rings. The lowest BCUT2D eigenvalue weighted by atomic mass is 9.88. The molecule has 0 radical (unpaired) electrons. The van der Waals surface area contributed by atoms with Crippen LogP contribution in [0.15, 0.2) is 0 Å². The highest BCUT2D eigenvalue weighted by molar-refractivity contribution is 5.00. The number of hydrogen-bond donors (Lipinski definition) is 2. The monoisotopic (exact) mass is 241 g/mol. The average molecular weight is 241 g/mol. The number of likely N-dealkylation sites (N-methyl/N-ethyl adjacent to an activating group) is 1. The Hall–Kier alpha value is -0.120. The predicted molar refractivity (Wildman–Crippen MR) is 69.0 cm³/mol. The molecular formula is C14H27NO2. The van der Waals surface area contributed by atoms with Crippen LogP contribution in [0.5, 0.6) is 0 Å². The minimum absolute atomic E-state index is 0.178.